The first-order chi connectivity index (χ1) is 11.1. The molecule has 0 aliphatic rings. The lowest BCUT2D eigenvalue weighted by Gasteiger charge is -2.09. The van der Waals surface area contributed by atoms with Crippen molar-refractivity contribution in [2.24, 2.45) is 0 Å². The number of nitrogens with zero attached hydrogens (tertiary/aromatic N) is 2. The van der Waals surface area contributed by atoms with Gasteiger partial charge < -0.3 is 4.98 Å². The maximum absolute atomic E-state index is 12.7. The number of aromatic nitrogens is 2. The van der Waals surface area contributed by atoms with Gasteiger partial charge in [0, 0.05) is 34.9 Å². The molecular weight excluding hydrogens is 314 g/mol. The lowest BCUT2D eigenvalue weighted by atomic mass is 10.1. The number of aromatic amines is 1. The summed E-state index contributed by atoms with van der Waals surface area (Å²) in [4.78, 5) is 30.3. The summed E-state index contributed by atoms with van der Waals surface area (Å²) in [6, 6.07) is 10.4. The number of thioether (sulfide) groups is 1. The molecule has 0 bridgehead atoms. The van der Waals surface area contributed by atoms with Crippen molar-refractivity contribution in [2.45, 2.75) is 17.2 Å². The van der Waals surface area contributed by atoms with Crippen molar-refractivity contribution in [3.8, 4) is 0 Å². The molecule has 1 atom stereocenters. The van der Waals surface area contributed by atoms with Crippen LogP contribution in [0, 0.1) is 10.1 Å². The third kappa shape index (κ3) is 2.95. The van der Waals surface area contributed by atoms with Crippen molar-refractivity contribution in [2.75, 3.05) is 0 Å². The predicted molar refractivity (Wildman–Crippen MR) is 88.8 cm³/mol. The maximum atomic E-state index is 12.7. The van der Waals surface area contributed by atoms with E-state index in [-0.39, 0.29) is 16.5 Å². The molecule has 0 unspecified atom stereocenters. The number of benzene rings is 1. The van der Waals surface area contributed by atoms with Crippen LogP contribution >= 0.6 is 11.8 Å². The molecule has 0 aliphatic carbocycles. The zero-order valence-electron chi connectivity index (χ0n) is 12.2. The molecule has 116 valence electrons. The number of nitro groups is 1. The Morgan fingerprint density at radius 1 is 1.30 bits per heavy atom. The number of Topliss-reactive ketones (excluding diaryl/α,β-unsaturated/α-hetero) is 1. The summed E-state index contributed by atoms with van der Waals surface area (Å²) in [6.07, 6.45) is 3.16. The topological polar surface area (TPSA) is 88.9 Å². The molecule has 0 saturated carbocycles. The first-order valence-corrected chi connectivity index (χ1v) is 7.82. The molecular formula is C16H13N3O3S. The molecule has 1 aromatic carbocycles. The van der Waals surface area contributed by atoms with E-state index in [4.69, 9.17) is 0 Å². The fourth-order valence-corrected chi connectivity index (χ4v) is 3.28. The summed E-state index contributed by atoms with van der Waals surface area (Å²) in [5.74, 6) is -0.0904. The zero-order valence-corrected chi connectivity index (χ0v) is 13.0. The Morgan fingerprint density at radius 3 is 2.87 bits per heavy atom. The number of pyridine rings is 1. The summed E-state index contributed by atoms with van der Waals surface area (Å²) in [6.45, 7) is 1.73. The number of hydrogen-bond donors (Lipinski definition) is 1. The van der Waals surface area contributed by atoms with Gasteiger partial charge in [0.05, 0.1) is 10.2 Å². The van der Waals surface area contributed by atoms with E-state index in [1.165, 1.54) is 18.3 Å². The van der Waals surface area contributed by atoms with Gasteiger partial charge in [-0.25, -0.2) is 4.98 Å². The third-order valence-corrected chi connectivity index (χ3v) is 4.57. The van der Waals surface area contributed by atoms with Crippen LogP contribution in [0.3, 0.4) is 0 Å². The summed E-state index contributed by atoms with van der Waals surface area (Å²) < 4.78 is 0. The molecule has 2 aromatic heterocycles. The minimum absolute atomic E-state index is 0.0870. The lowest BCUT2D eigenvalue weighted by Crippen LogP contribution is -2.13. The quantitative estimate of drug-likeness (QED) is 0.333. The van der Waals surface area contributed by atoms with Crippen molar-refractivity contribution in [3.63, 3.8) is 0 Å². The summed E-state index contributed by atoms with van der Waals surface area (Å²) in [5.41, 5.74) is 1.38. The fraction of sp³-hybridized carbons (Fsp3) is 0.125. The molecule has 0 saturated heterocycles. The number of para-hydroxylation sites is 1. The SMILES string of the molecule is C[C@@H](Sc1ncccc1[N+](=O)[O-])C(=O)c1c[nH]c2ccccc12. The second-order valence-corrected chi connectivity index (χ2v) is 6.29. The fourth-order valence-electron chi connectivity index (χ4n) is 2.33. The number of nitrogens with one attached hydrogen (secondary N) is 1. The number of carbonyl (C=O) groups excluding carboxylic acids is 1. The molecule has 7 heteroatoms. The van der Waals surface area contributed by atoms with Crippen LogP contribution in [-0.4, -0.2) is 25.9 Å². The minimum atomic E-state index is -0.488. The minimum Gasteiger partial charge on any atom is -0.360 e. The van der Waals surface area contributed by atoms with E-state index >= 15 is 0 Å². The van der Waals surface area contributed by atoms with Gasteiger partial charge >= 0.3 is 5.69 Å². The maximum Gasteiger partial charge on any atom is 0.301 e. The van der Waals surface area contributed by atoms with Crippen LogP contribution in [0.25, 0.3) is 10.9 Å². The normalized spacial score (nSPS) is 12.2. The molecule has 3 aromatic rings. The lowest BCUT2D eigenvalue weighted by molar-refractivity contribution is -0.388. The van der Waals surface area contributed by atoms with Crippen LogP contribution in [0.15, 0.2) is 53.8 Å². The molecule has 23 heavy (non-hydrogen) atoms. The molecule has 0 fully saturated rings. The van der Waals surface area contributed by atoms with Crippen molar-refractivity contribution >= 4 is 34.1 Å². The van der Waals surface area contributed by atoms with E-state index in [1.54, 1.807) is 13.1 Å². The molecule has 0 radical (unpaired) electrons. The van der Waals surface area contributed by atoms with Gasteiger partial charge in [0.1, 0.15) is 0 Å². The van der Waals surface area contributed by atoms with E-state index in [2.05, 4.69) is 9.97 Å². The standard InChI is InChI=1S/C16H13N3O3S/c1-10(23-16-14(19(21)22)7-4-8-17-16)15(20)12-9-18-13-6-3-2-5-11(12)13/h2-10,18H,1H3/t10-/m1/s1. The molecule has 0 aliphatic heterocycles. The Balaban J connectivity index is 1.88. The highest BCUT2D eigenvalue weighted by atomic mass is 32.2. The first-order valence-electron chi connectivity index (χ1n) is 6.94. The Morgan fingerprint density at radius 2 is 2.09 bits per heavy atom. The first kappa shape index (κ1) is 15.2. The highest BCUT2D eigenvalue weighted by Crippen LogP contribution is 2.32. The summed E-state index contributed by atoms with van der Waals surface area (Å²) in [5, 5.41) is 11.7. The number of rotatable bonds is 5. The highest BCUT2D eigenvalue weighted by Gasteiger charge is 2.24. The molecule has 0 spiro atoms. The van der Waals surface area contributed by atoms with Gasteiger partial charge in [0.2, 0.25) is 0 Å². The van der Waals surface area contributed by atoms with Gasteiger partial charge in [-0.05, 0) is 19.1 Å². The second kappa shape index (κ2) is 6.21. The van der Waals surface area contributed by atoms with Crippen LogP contribution in [0.5, 0.6) is 0 Å². The number of hydrogen-bond acceptors (Lipinski definition) is 5. The summed E-state index contributed by atoms with van der Waals surface area (Å²) in [7, 11) is 0. The highest BCUT2D eigenvalue weighted by molar-refractivity contribution is 8.00. The van der Waals surface area contributed by atoms with Crippen molar-refractivity contribution in [1.29, 1.82) is 0 Å². The van der Waals surface area contributed by atoms with Gasteiger partial charge in [-0.1, -0.05) is 30.0 Å². The van der Waals surface area contributed by atoms with Crippen LogP contribution in [0.2, 0.25) is 0 Å². The number of H-pyrrole nitrogens is 1. The Bertz CT molecular complexity index is 891. The Hall–Kier alpha value is -2.67. The molecule has 3 rings (SSSR count). The van der Waals surface area contributed by atoms with Gasteiger partial charge in [-0.3, -0.25) is 14.9 Å². The Kier molecular flexibility index (Phi) is 4.12. The monoisotopic (exact) mass is 327 g/mol. The average Bonchev–Trinajstić information content (AvgIpc) is 2.98. The van der Waals surface area contributed by atoms with Crippen molar-refractivity contribution < 1.29 is 9.72 Å². The van der Waals surface area contributed by atoms with Gasteiger partial charge in [-0.2, -0.15) is 0 Å². The zero-order chi connectivity index (χ0) is 16.4. The van der Waals surface area contributed by atoms with Gasteiger partial charge in [-0.15, -0.1) is 0 Å². The largest absolute Gasteiger partial charge is 0.360 e. The molecule has 1 N–H and O–H groups in total. The average molecular weight is 327 g/mol. The second-order valence-electron chi connectivity index (χ2n) is 4.96. The van der Waals surface area contributed by atoms with Gasteiger partial charge in [0.15, 0.2) is 10.8 Å². The Labute approximate surface area is 136 Å². The van der Waals surface area contributed by atoms with E-state index in [0.29, 0.717) is 5.56 Å². The number of ketones is 1. The van der Waals surface area contributed by atoms with Crippen LogP contribution in [-0.2, 0) is 0 Å². The predicted octanol–water partition coefficient (Wildman–Crippen LogP) is 3.83. The van der Waals surface area contributed by atoms with Crippen LogP contribution in [0.4, 0.5) is 5.69 Å². The van der Waals surface area contributed by atoms with Gasteiger partial charge in [0.25, 0.3) is 0 Å². The number of fused-ring (bicyclic) bond motifs is 1. The smallest absolute Gasteiger partial charge is 0.301 e. The van der Waals surface area contributed by atoms with E-state index in [9.17, 15) is 14.9 Å². The van der Waals surface area contributed by atoms with Crippen LogP contribution in [0.1, 0.15) is 17.3 Å². The van der Waals surface area contributed by atoms with E-state index in [1.807, 2.05) is 24.3 Å². The van der Waals surface area contributed by atoms with E-state index < -0.39 is 10.2 Å². The third-order valence-electron chi connectivity index (χ3n) is 3.46. The van der Waals surface area contributed by atoms with E-state index in [0.717, 1.165) is 22.7 Å². The molecule has 6 nitrogen and oxygen atoms in total. The number of carbonyl (C=O) groups is 1. The molecule has 0 amide bonds. The molecule has 2 heterocycles. The summed E-state index contributed by atoms with van der Waals surface area (Å²) >= 11 is 1.10. The van der Waals surface area contributed by atoms with Crippen LogP contribution < -0.4 is 0 Å². The van der Waals surface area contributed by atoms with Crippen molar-refractivity contribution in [1.82, 2.24) is 9.97 Å². The van der Waals surface area contributed by atoms with Crippen molar-refractivity contribution in [3.05, 3.63) is 64.5 Å².